The Hall–Kier alpha value is -1.88. The fraction of sp³-hybridized carbons (Fsp3) is 0.143. The normalized spacial score (nSPS) is 10.1. The number of para-hydroxylation sites is 1. The Kier molecular flexibility index (Phi) is 4.16. The fourth-order valence-electron chi connectivity index (χ4n) is 1.70. The number of pyridine rings is 1. The molecule has 0 radical (unpaired) electrons. The van der Waals surface area contributed by atoms with Gasteiger partial charge in [0.05, 0.1) is 16.9 Å². The predicted molar refractivity (Wildman–Crippen MR) is 80.6 cm³/mol. The molecule has 0 atom stereocenters. The fourth-order valence-corrected chi connectivity index (χ4v) is 2.08. The quantitative estimate of drug-likeness (QED) is 0.911. The standard InChI is InChI=1S/C14H14BrN3O/c1-9-7-13(16-2)10(8-17-9)14(19)18-12-6-4-3-5-11(12)15/h3-8H,1-2H3,(H,16,17)(H,18,19). The lowest BCUT2D eigenvalue weighted by Crippen LogP contribution is -2.15. The molecule has 0 saturated carbocycles. The molecule has 2 rings (SSSR count). The van der Waals surface area contributed by atoms with E-state index in [1.807, 2.05) is 37.3 Å². The number of nitrogens with zero attached hydrogens (tertiary/aromatic N) is 1. The Bertz CT molecular complexity index is 613. The molecule has 2 aromatic rings. The third-order valence-corrected chi connectivity index (χ3v) is 3.37. The molecule has 1 aromatic carbocycles. The zero-order valence-electron chi connectivity index (χ0n) is 10.7. The SMILES string of the molecule is CNc1cc(C)ncc1C(=O)Nc1ccccc1Br. The molecule has 98 valence electrons. The zero-order chi connectivity index (χ0) is 13.8. The van der Waals surface area contributed by atoms with Crippen LogP contribution in [0.25, 0.3) is 0 Å². The lowest BCUT2D eigenvalue weighted by atomic mass is 10.2. The third-order valence-electron chi connectivity index (χ3n) is 2.68. The summed E-state index contributed by atoms with van der Waals surface area (Å²) >= 11 is 3.40. The number of carbonyl (C=O) groups excluding carboxylic acids is 1. The minimum atomic E-state index is -0.191. The number of nitrogens with one attached hydrogen (secondary N) is 2. The van der Waals surface area contributed by atoms with Crippen LogP contribution in [0.3, 0.4) is 0 Å². The topological polar surface area (TPSA) is 54.0 Å². The largest absolute Gasteiger partial charge is 0.387 e. The van der Waals surface area contributed by atoms with Gasteiger partial charge in [-0.25, -0.2) is 0 Å². The van der Waals surface area contributed by atoms with Crippen molar-refractivity contribution in [3.63, 3.8) is 0 Å². The molecule has 0 aliphatic carbocycles. The van der Waals surface area contributed by atoms with Crippen LogP contribution < -0.4 is 10.6 Å². The predicted octanol–water partition coefficient (Wildman–Crippen LogP) is 3.45. The van der Waals surface area contributed by atoms with Crippen molar-refractivity contribution in [1.29, 1.82) is 0 Å². The van der Waals surface area contributed by atoms with Crippen molar-refractivity contribution in [1.82, 2.24) is 4.98 Å². The Morgan fingerprint density at radius 2 is 2.00 bits per heavy atom. The van der Waals surface area contributed by atoms with Gasteiger partial charge >= 0.3 is 0 Å². The first-order chi connectivity index (χ1) is 9.11. The zero-order valence-corrected chi connectivity index (χ0v) is 12.3. The van der Waals surface area contributed by atoms with Gasteiger partial charge < -0.3 is 10.6 Å². The van der Waals surface area contributed by atoms with Crippen LogP contribution in [0.1, 0.15) is 16.1 Å². The number of rotatable bonds is 3. The van der Waals surface area contributed by atoms with Gasteiger partial charge in [-0.2, -0.15) is 0 Å². The van der Waals surface area contributed by atoms with Crippen LogP contribution >= 0.6 is 15.9 Å². The summed E-state index contributed by atoms with van der Waals surface area (Å²) in [5, 5.41) is 5.86. The second-order valence-corrected chi connectivity index (χ2v) is 4.91. The molecule has 0 bridgehead atoms. The average molecular weight is 320 g/mol. The number of aryl methyl sites for hydroxylation is 1. The number of halogens is 1. The maximum absolute atomic E-state index is 12.2. The molecule has 0 fully saturated rings. The molecule has 0 aliphatic heterocycles. The molecule has 2 N–H and O–H groups in total. The van der Waals surface area contributed by atoms with E-state index in [0.29, 0.717) is 5.56 Å². The monoisotopic (exact) mass is 319 g/mol. The molecular weight excluding hydrogens is 306 g/mol. The van der Waals surface area contributed by atoms with Crippen LogP contribution in [-0.4, -0.2) is 17.9 Å². The smallest absolute Gasteiger partial charge is 0.259 e. The van der Waals surface area contributed by atoms with Gasteiger partial charge in [0.15, 0.2) is 0 Å². The Balaban J connectivity index is 2.28. The van der Waals surface area contributed by atoms with E-state index in [-0.39, 0.29) is 5.91 Å². The molecule has 0 aliphatic rings. The van der Waals surface area contributed by atoms with Gasteiger partial charge in [-0.05, 0) is 41.1 Å². The lowest BCUT2D eigenvalue weighted by Gasteiger charge is -2.11. The lowest BCUT2D eigenvalue weighted by molar-refractivity contribution is 0.102. The number of aromatic nitrogens is 1. The highest BCUT2D eigenvalue weighted by Crippen LogP contribution is 2.23. The highest BCUT2D eigenvalue weighted by Gasteiger charge is 2.12. The minimum Gasteiger partial charge on any atom is -0.387 e. The van der Waals surface area contributed by atoms with Crippen molar-refractivity contribution in [2.75, 3.05) is 17.7 Å². The van der Waals surface area contributed by atoms with E-state index in [1.54, 1.807) is 13.2 Å². The number of anilines is 2. The number of hydrogen-bond acceptors (Lipinski definition) is 3. The van der Waals surface area contributed by atoms with Gasteiger partial charge in [-0.15, -0.1) is 0 Å². The average Bonchev–Trinajstić information content (AvgIpc) is 2.41. The third kappa shape index (κ3) is 3.12. The molecule has 4 nitrogen and oxygen atoms in total. The maximum Gasteiger partial charge on any atom is 0.259 e. The molecule has 19 heavy (non-hydrogen) atoms. The summed E-state index contributed by atoms with van der Waals surface area (Å²) in [6, 6.07) is 9.32. The first-order valence-electron chi connectivity index (χ1n) is 5.82. The highest BCUT2D eigenvalue weighted by molar-refractivity contribution is 9.10. The number of carbonyl (C=O) groups is 1. The van der Waals surface area contributed by atoms with Crippen molar-refractivity contribution in [3.05, 3.63) is 52.3 Å². The summed E-state index contributed by atoms with van der Waals surface area (Å²) in [6.07, 6.45) is 1.58. The molecule has 0 unspecified atom stereocenters. The van der Waals surface area contributed by atoms with Crippen molar-refractivity contribution in [3.8, 4) is 0 Å². The highest BCUT2D eigenvalue weighted by atomic mass is 79.9. The molecule has 1 amide bonds. The summed E-state index contributed by atoms with van der Waals surface area (Å²) in [5.41, 5.74) is 2.87. The van der Waals surface area contributed by atoms with Crippen LogP contribution in [-0.2, 0) is 0 Å². The number of hydrogen-bond donors (Lipinski definition) is 2. The van der Waals surface area contributed by atoms with Crippen LogP contribution in [0.4, 0.5) is 11.4 Å². The van der Waals surface area contributed by atoms with Gasteiger partial charge in [0.25, 0.3) is 5.91 Å². The molecule has 5 heteroatoms. The summed E-state index contributed by atoms with van der Waals surface area (Å²) in [6.45, 7) is 1.89. The summed E-state index contributed by atoms with van der Waals surface area (Å²) in [4.78, 5) is 16.4. The molecule has 0 spiro atoms. The second-order valence-electron chi connectivity index (χ2n) is 4.06. The van der Waals surface area contributed by atoms with Crippen LogP contribution in [0, 0.1) is 6.92 Å². The van der Waals surface area contributed by atoms with Gasteiger partial charge in [0, 0.05) is 23.4 Å². The van der Waals surface area contributed by atoms with Crippen LogP contribution in [0.15, 0.2) is 41.0 Å². The summed E-state index contributed by atoms with van der Waals surface area (Å²) < 4.78 is 0.842. The van der Waals surface area contributed by atoms with Gasteiger partial charge in [-0.1, -0.05) is 12.1 Å². The molecule has 1 aromatic heterocycles. The Morgan fingerprint density at radius 1 is 1.26 bits per heavy atom. The van der Waals surface area contributed by atoms with E-state index >= 15 is 0 Å². The van der Waals surface area contributed by atoms with Crippen molar-refractivity contribution in [2.24, 2.45) is 0 Å². The van der Waals surface area contributed by atoms with E-state index in [1.165, 1.54) is 0 Å². The minimum absolute atomic E-state index is 0.191. The van der Waals surface area contributed by atoms with Crippen molar-refractivity contribution >= 4 is 33.2 Å². The van der Waals surface area contributed by atoms with Gasteiger partial charge in [0.2, 0.25) is 0 Å². The maximum atomic E-state index is 12.2. The van der Waals surface area contributed by atoms with E-state index in [4.69, 9.17) is 0 Å². The van der Waals surface area contributed by atoms with E-state index in [2.05, 4.69) is 31.5 Å². The first-order valence-corrected chi connectivity index (χ1v) is 6.61. The van der Waals surface area contributed by atoms with Gasteiger partial charge in [-0.3, -0.25) is 9.78 Å². The van der Waals surface area contributed by atoms with E-state index < -0.39 is 0 Å². The summed E-state index contributed by atoms with van der Waals surface area (Å²) in [5.74, 6) is -0.191. The van der Waals surface area contributed by atoms with Crippen molar-refractivity contribution in [2.45, 2.75) is 6.92 Å². The summed E-state index contributed by atoms with van der Waals surface area (Å²) in [7, 11) is 1.78. The Labute approximate surface area is 120 Å². The van der Waals surface area contributed by atoms with E-state index in [0.717, 1.165) is 21.5 Å². The van der Waals surface area contributed by atoms with Crippen LogP contribution in [0.2, 0.25) is 0 Å². The van der Waals surface area contributed by atoms with E-state index in [9.17, 15) is 4.79 Å². The Morgan fingerprint density at radius 3 is 2.68 bits per heavy atom. The van der Waals surface area contributed by atoms with Crippen molar-refractivity contribution < 1.29 is 4.79 Å². The van der Waals surface area contributed by atoms with Gasteiger partial charge in [0.1, 0.15) is 0 Å². The molecule has 0 saturated heterocycles. The van der Waals surface area contributed by atoms with Crippen LogP contribution in [0.5, 0.6) is 0 Å². The number of benzene rings is 1. The molecule has 1 heterocycles. The first kappa shape index (κ1) is 13.5. The number of amides is 1. The molecular formula is C14H14BrN3O. The second kappa shape index (κ2) is 5.84.